The smallest absolute Gasteiger partial charge is 0.334 e. The van der Waals surface area contributed by atoms with Gasteiger partial charge in [-0.25, -0.2) is 4.79 Å². The average Bonchev–Trinajstić information content (AvgIpc) is 3.42. The molecule has 3 fully saturated rings. The normalized spacial score (nSPS) is 36.5. The molecular weight excluding hydrogens is 342 g/mol. The van der Waals surface area contributed by atoms with Gasteiger partial charge < -0.3 is 4.74 Å². The second kappa shape index (κ2) is 5.54. The molecule has 1 aromatic rings. The summed E-state index contributed by atoms with van der Waals surface area (Å²) in [5.41, 5.74) is 1.70. The Hall–Kier alpha value is -2.43. The minimum Gasteiger partial charge on any atom is -0.424 e. The molecule has 7 unspecified atom stereocenters. The summed E-state index contributed by atoms with van der Waals surface area (Å²) < 4.78 is 5.60. The van der Waals surface area contributed by atoms with Gasteiger partial charge in [0.1, 0.15) is 11.8 Å². The molecular formula is C22H23NO4. The van der Waals surface area contributed by atoms with Gasteiger partial charge in [-0.3, -0.25) is 14.5 Å². The first-order valence-corrected chi connectivity index (χ1v) is 9.73. The maximum atomic E-state index is 13.1. The zero-order valence-corrected chi connectivity index (χ0v) is 15.7. The van der Waals surface area contributed by atoms with Gasteiger partial charge in [0.05, 0.1) is 11.8 Å². The molecule has 2 bridgehead atoms. The fraction of sp³-hybridized carbons (Fsp3) is 0.500. The minimum atomic E-state index is -0.912. The van der Waals surface area contributed by atoms with Gasteiger partial charge in [-0.15, -0.1) is 0 Å². The summed E-state index contributed by atoms with van der Waals surface area (Å²) in [6.45, 7) is 5.34. The fourth-order valence-electron chi connectivity index (χ4n) is 5.61. The molecule has 5 aliphatic rings. The van der Waals surface area contributed by atoms with Crippen LogP contribution in [-0.4, -0.2) is 28.7 Å². The molecule has 7 atom stereocenters. The molecule has 5 nitrogen and oxygen atoms in total. The van der Waals surface area contributed by atoms with E-state index in [1.807, 2.05) is 32.0 Å². The fourth-order valence-corrected chi connectivity index (χ4v) is 5.61. The number of hydrogen-bond donors (Lipinski definition) is 0. The number of ether oxygens (including phenoxy) is 1. The van der Waals surface area contributed by atoms with E-state index in [0.29, 0.717) is 17.6 Å². The van der Waals surface area contributed by atoms with Crippen LogP contribution in [0.4, 0.5) is 0 Å². The van der Waals surface area contributed by atoms with Crippen LogP contribution in [0, 0.1) is 49.4 Å². The molecule has 140 valence electrons. The SMILES string of the molecule is Cc1cccc(C)c1OC(=O)C(C)N1C(=O)C2C3C=CC(C4CC34)C2C1=O. The van der Waals surface area contributed by atoms with E-state index in [2.05, 4.69) is 12.2 Å². The predicted molar refractivity (Wildman–Crippen MR) is 97.6 cm³/mol. The number of allylic oxidation sites excluding steroid dienone is 2. The Bertz CT molecular complexity index is 847. The maximum Gasteiger partial charge on any atom is 0.334 e. The summed E-state index contributed by atoms with van der Waals surface area (Å²) in [6, 6.07) is 4.73. The van der Waals surface area contributed by atoms with E-state index in [1.165, 1.54) is 4.90 Å². The predicted octanol–water partition coefficient (Wildman–Crippen LogP) is 2.65. The van der Waals surface area contributed by atoms with Crippen LogP contribution in [0.5, 0.6) is 5.75 Å². The third-order valence-electron chi connectivity index (χ3n) is 7.04. The van der Waals surface area contributed by atoms with Crippen LogP contribution in [0.15, 0.2) is 30.4 Å². The number of rotatable bonds is 3. The van der Waals surface area contributed by atoms with Crippen LogP contribution < -0.4 is 4.74 Å². The molecule has 0 radical (unpaired) electrons. The van der Waals surface area contributed by atoms with Gasteiger partial charge in [-0.05, 0) is 62.0 Å². The number of carbonyl (C=O) groups is 3. The van der Waals surface area contributed by atoms with E-state index in [-0.39, 0.29) is 35.5 Å². The van der Waals surface area contributed by atoms with Crippen LogP contribution in [0.1, 0.15) is 24.5 Å². The van der Waals surface area contributed by atoms with E-state index in [1.54, 1.807) is 6.92 Å². The number of benzene rings is 1. The van der Waals surface area contributed by atoms with Gasteiger partial charge in [0.25, 0.3) is 0 Å². The van der Waals surface area contributed by atoms with Crippen molar-refractivity contribution in [2.24, 2.45) is 35.5 Å². The van der Waals surface area contributed by atoms with Crippen LogP contribution >= 0.6 is 0 Å². The molecule has 4 aliphatic carbocycles. The Morgan fingerprint density at radius 2 is 1.56 bits per heavy atom. The van der Waals surface area contributed by atoms with Gasteiger partial charge in [0, 0.05) is 0 Å². The zero-order valence-electron chi connectivity index (χ0n) is 15.7. The van der Waals surface area contributed by atoms with Gasteiger partial charge in [-0.1, -0.05) is 30.4 Å². The maximum absolute atomic E-state index is 13.1. The summed E-state index contributed by atoms with van der Waals surface area (Å²) >= 11 is 0. The van der Waals surface area contributed by atoms with Crippen LogP contribution in [-0.2, 0) is 14.4 Å². The number of imide groups is 1. The second-order valence-corrected chi connectivity index (χ2v) is 8.52. The van der Waals surface area contributed by atoms with Gasteiger partial charge in [0.2, 0.25) is 11.8 Å². The largest absolute Gasteiger partial charge is 0.424 e. The Balaban J connectivity index is 1.40. The highest BCUT2D eigenvalue weighted by molar-refractivity contribution is 6.08. The summed E-state index contributed by atoms with van der Waals surface area (Å²) in [7, 11) is 0. The Morgan fingerprint density at radius 3 is 2.07 bits per heavy atom. The van der Waals surface area contributed by atoms with E-state index >= 15 is 0 Å². The summed E-state index contributed by atoms with van der Waals surface area (Å²) in [5.74, 6) is 0.415. The van der Waals surface area contributed by atoms with E-state index < -0.39 is 12.0 Å². The highest BCUT2D eigenvalue weighted by Gasteiger charge is 2.67. The molecule has 27 heavy (non-hydrogen) atoms. The highest BCUT2D eigenvalue weighted by Crippen LogP contribution is 2.65. The molecule has 1 aliphatic heterocycles. The average molecular weight is 365 g/mol. The van der Waals surface area contributed by atoms with Crippen LogP contribution in [0.3, 0.4) is 0 Å². The quantitative estimate of drug-likeness (QED) is 0.358. The number of hydrogen-bond acceptors (Lipinski definition) is 4. The van der Waals surface area contributed by atoms with Gasteiger partial charge in [0.15, 0.2) is 0 Å². The van der Waals surface area contributed by atoms with E-state index in [0.717, 1.165) is 17.5 Å². The summed E-state index contributed by atoms with van der Waals surface area (Å²) in [4.78, 5) is 40.2. The van der Waals surface area contributed by atoms with Crippen molar-refractivity contribution in [2.45, 2.75) is 33.2 Å². The Kier molecular flexibility index (Phi) is 3.43. The first-order chi connectivity index (χ1) is 12.9. The number of para-hydroxylation sites is 1. The minimum absolute atomic E-state index is 0.160. The molecule has 0 spiro atoms. The number of nitrogens with zero attached hydrogens (tertiary/aromatic N) is 1. The molecule has 6 rings (SSSR count). The lowest BCUT2D eigenvalue weighted by molar-refractivity contribution is -0.152. The van der Waals surface area contributed by atoms with Crippen LogP contribution in [0.25, 0.3) is 0 Å². The van der Waals surface area contributed by atoms with Crippen molar-refractivity contribution >= 4 is 17.8 Å². The molecule has 5 heteroatoms. The molecule has 1 aromatic carbocycles. The molecule has 1 heterocycles. The topological polar surface area (TPSA) is 63.7 Å². The summed E-state index contributed by atoms with van der Waals surface area (Å²) in [5, 5.41) is 0. The standard InChI is InChI=1S/C22H23NO4/c1-10-5-4-6-11(2)19(10)27-22(26)12(3)23-20(24)17-13-7-8-14(16-9-15(13)16)18(17)21(23)25/h4-8,12-18H,9H2,1-3H3. The number of aryl methyl sites for hydroxylation is 2. The third kappa shape index (κ3) is 2.20. The van der Waals surface area contributed by atoms with Crippen molar-refractivity contribution in [3.8, 4) is 5.75 Å². The van der Waals surface area contributed by atoms with Crippen molar-refractivity contribution in [2.75, 3.05) is 0 Å². The van der Waals surface area contributed by atoms with E-state index in [9.17, 15) is 14.4 Å². The highest BCUT2D eigenvalue weighted by atomic mass is 16.5. The molecule has 0 N–H and O–H groups in total. The first-order valence-electron chi connectivity index (χ1n) is 9.73. The van der Waals surface area contributed by atoms with Crippen molar-refractivity contribution in [3.05, 3.63) is 41.5 Å². The number of carbonyl (C=O) groups excluding carboxylic acids is 3. The summed E-state index contributed by atoms with van der Waals surface area (Å²) in [6.07, 6.45) is 5.39. The third-order valence-corrected chi connectivity index (χ3v) is 7.04. The molecule has 2 amide bonds. The van der Waals surface area contributed by atoms with Crippen LogP contribution in [0.2, 0.25) is 0 Å². The van der Waals surface area contributed by atoms with Gasteiger partial charge in [-0.2, -0.15) is 0 Å². The van der Waals surface area contributed by atoms with E-state index in [4.69, 9.17) is 4.74 Å². The second-order valence-electron chi connectivity index (χ2n) is 8.52. The van der Waals surface area contributed by atoms with Crippen molar-refractivity contribution in [3.63, 3.8) is 0 Å². The van der Waals surface area contributed by atoms with Crippen molar-refractivity contribution in [1.29, 1.82) is 0 Å². The first kappa shape index (κ1) is 16.7. The number of amides is 2. The monoisotopic (exact) mass is 365 g/mol. The number of likely N-dealkylation sites (tertiary alicyclic amines) is 1. The Morgan fingerprint density at radius 1 is 1.04 bits per heavy atom. The lowest BCUT2D eigenvalue weighted by Crippen LogP contribution is -2.45. The van der Waals surface area contributed by atoms with Crippen molar-refractivity contribution < 1.29 is 19.1 Å². The van der Waals surface area contributed by atoms with Crippen molar-refractivity contribution in [1.82, 2.24) is 4.90 Å². The number of esters is 1. The van der Waals surface area contributed by atoms with Gasteiger partial charge >= 0.3 is 5.97 Å². The lowest BCUT2D eigenvalue weighted by atomic mass is 9.63. The molecule has 0 aromatic heterocycles. The zero-order chi connectivity index (χ0) is 19.0. The molecule has 1 saturated heterocycles. The molecule has 2 saturated carbocycles. The lowest BCUT2D eigenvalue weighted by Gasteiger charge is -2.37. The Labute approximate surface area is 158 Å².